The molecule has 0 aliphatic heterocycles. The third-order valence-electron chi connectivity index (χ3n) is 2.50. The van der Waals surface area contributed by atoms with Gasteiger partial charge in [-0.15, -0.1) is 0 Å². The van der Waals surface area contributed by atoms with Crippen molar-refractivity contribution >= 4 is 15.9 Å². The van der Waals surface area contributed by atoms with Gasteiger partial charge in [0.15, 0.2) is 0 Å². The Morgan fingerprint density at radius 1 is 1.47 bits per heavy atom. The quantitative estimate of drug-likeness (QED) is 0.813. The highest BCUT2D eigenvalue weighted by Gasteiger charge is 2.07. The first kappa shape index (κ1) is 14.5. The number of aliphatic hydroxyl groups excluding tert-OH is 1. The summed E-state index contributed by atoms with van der Waals surface area (Å²) in [6.07, 6.45) is 1.99. The molecule has 4 heteroatoms. The second-order valence-electron chi connectivity index (χ2n) is 4.03. The summed E-state index contributed by atoms with van der Waals surface area (Å²) in [6, 6.07) is 5.96. The van der Waals surface area contributed by atoms with Crippen molar-refractivity contribution in [1.82, 2.24) is 0 Å². The molecule has 1 rings (SSSR count). The Labute approximate surface area is 111 Å². The summed E-state index contributed by atoms with van der Waals surface area (Å²) in [5.41, 5.74) is 6.51. The fraction of sp³-hybridized carbons (Fsp3) is 0.538. The molecule has 0 heterocycles. The lowest BCUT2D eigenvalue weighted by Gasteiger charge is -2.13. The van der Waals surface area contributed by atoms with Gasteiger partial charge in [0.2, 0.25) is 0 Å². The van der Waals surface area contributed by atoms with Crippen LogP contribution >= 0.6 is 15.9 Å². The number of ether oxygens (including phenoxy) is 1. The molecule has 0 bridgehead atoms. The highest BCUT2D eigenvalue weighted by atomic mass is 79.9. The lowest BCUT2D eigenvalue weighted by atomic mass is 10.1. The topological polar surface area (TPSA) is 55.5 Å². The Bertz CT molecular complexity index is 344. The van der Waals surface area contributed by atoms with Gasteiger partial charge in [-0.05, 0) is 43.0 Å². The summed E-state index contributed by atoms with van der Waals surface area (Å²) in [7, 11) is 0. The zero-order valence-electron chi connectivity index (χ0n) is 10.2. The van der Waals surface area contributed by atoms with E-state index in [4.69, 9.17) is 10.5 Å². The van der Waals surface area contributed by atoms with Gasteiger partial charge in [0, 0.05) is 11.0 Å². The first-order valence-corrected chi connectivity index (χ1v) is 6.76. The van der Waals surface area contributed by atoms with Crippen LogP contribution in [0.5, 0.6) is 5.75 Å². The van der Waals surface area contributed by atoms with Gasteiger partial charge in [0.05, 0.1) is 12.7 Å². The molecule has 0 aliphatic rings. The number of aliphatic hydroxyl groups is 1. The number of hydrogen-bond donors (Lipinski definition) is 2. The summed E-state index contributed by atoms with van der Waals surface area (Å²) in [5.74, 6) is 0.902. The number of aryl methyl sites for hydroxylation is 1. The van der Waals surface area contributed by atoms with Crippen LogP contribution in [0, 0.1) is 0 Å². The molecule has 0 radical (unpaired) electrons. The van der Waals surface area contributed by atoms with E-state index in [2.05, 4.69) is 22.9 Å². The molecule has 17 heavy (non-hydrogen) atoms. The van der Waals surface area contributed by atoms with Crippen LogP contribution in [0.2, 0.25) is 0 Å². The SMILES string of the molecule is CCCOc1ccc(Br)cc1CCC(O)CN. The zero-order chi connectivity index (χ0) is 12.7. The number of nitrogens with two attached hydrogens (primary N) is 1. The smallest absolute Gasteiger partial charge is 0.122 e. The molecular weight excluding hydrogens is 282 g/mol. The fourth-order valence-corrected chi connectivity index (χ4v) is 1.94. The van der Waals surface area contributed by atoms with E-state index in [1.807, 2.05) is 18.2 Å². The van der Waals surface area contributed by atoms with Gasteiger partial charge in [0.1, 0.15) is 5.75 Å². The average Bonchev–Trinajstić information content (AvgIpc) is 2.34. The number of halogens is 1. The predicted molar refractivity (Wildman–Crippen MR) is 73.3 cm³/mol. The van der Waals surface area contributed by atoms with E-state index >= 15 is 0 Å². The Hall–Kier alpha value is -0.580. The highest BCUT2D eigenvalue weighted by Crippen LogP contribution is 2.25. The van der Waals surface area contributed by atoms with Crippen LogP contribution in [-0.2, 0) is 6.42 Å². The molecule has 0 spiro atoms. The molecule has 3 N–H and O–H groups in total. The minimum absolute atomic E-state index is 0.305. The standard InChI is InChI=1S/C13H20BrNO2/c1-2-7-17-13-6-4-11(14)8-10(13)3-5-12(16)9-15/h4,6,8,12,16H,2-3,5,7,9,15H2,1H3. The van der Waals surface area contributed by atoms with Crippen LogP contribution < -0.4 is 10.5 Å². The minimum atomic E-state index is -0.437. The van der Waals surface area contributed by atoms with Crippen molar-refractivity contribution in [1.29, 1.82) is 0 Å². The number of rotatable bonds is 7. The monoisotopic (exact) mass is 301 g/mol. The maximum Gasteiger partial charge on any atom is 0.122 e. The van der Waals surface area contributed by atoms with Crippen molar-refractivity contribution in [2.75, 3.05) is 13.2 Å². The molecule has 1 aromatic rings. The fourth-order valence-electron chi connectivity index (χ4n) is 1.54. The van der Waals surface area contributed by atoms with E-state index in [0.717, 1.165) is 28.6 Å². The first-order valence-electron chi connectivity index (χ1n) is 5.96. The Kier molecular flexibility index (Phi) is 6.55. The van der Waals surface area contributed by atoms with Gasteiger partial charge in [-0.25, -0.2) is 0 Å². The van der Waals surface area contributed by atoms with Crippen LogP contribution in [0.25, 0.3) is 0 Å². The van der Waals surface area contributed by atoms with Crippen molar-refractivity contribution < 1.29 is 9.84 Å². The summed E-state index contributed by atoms with van der Waals surface area (Å²) < 4.78 is 6.70. The van der Waals surface area contributed by atoms with Crippen molar-refractivity contribution in [3.8, 4) is 5.75 Å². The Balaban J connectivity index is 2.69. The van der Waals surface area contributed by atoms with Crippen molar-refractivity contribution in [2.45, 2.75) is 32.3 Å². The van der Waals surface area contributed by atoms with Crippen molar-refractivity contribution in [3.63, 3.8) is 0 Å². The predicted octanol–water partition coefficient (Wildman–Crippen LogP) is 2.49. The van der Waals surface area contributed by atoms with Crippen LogP contribution in [0.3, 0.4) is 0 Å². The third kappa shape index (κ3) is 5.06. The van der Waals surface area contributed by atoms with Crippen LogP contribution in [0.1, 0.15) is 25.3 Å². The lowest BCUT2D eigenvalue weighted by molar-refractivity contribution is 0.172. The van der Waals surface area contributed by atoms with Crippen LogP contribution in [0.4, 0.5) is 0 Å². The summed E-state index contributed by atoms with van der Waals surface area (Å²) in [4.78, 5) is 0. The molecule has 0 amide bonds. The van der Waals surface area contributed by atoms with Gasteiger partial charge in [-0.3, -0.25) is 0 Å². The summed E-state index contributed by atoms with van der Waals surface area (Å²) >= 11 is 3.45. The Morgan fingerprint density at radius 3 is 2.88 bits per heavy atom. The average molecular weight is 302 g/mol. The molecule has 0 aliphatic carbocycles. The lowest BCUT2D eigenvalue weighted by Crippen LogP contribution is -2.20. The van der Waals surface area contributed by atoms with E-state index in [9.17, 15) is 5.11 Å². The Morgan fingerprint density at radius 2 is 2.24 bits per heavy atom. The molecule has 0 saturated heterocycles. The van der Waals surface area contributed by atoms with E-state index in [1.165, 1.54) is 0 Å². The molecule has 1 unspecified atom stereocenters. The molecule has 0 saturated carbocycles. The zero-order valence-corrected chi connectivity index (χ0v) is 11.7. The van der Waals surface area contributed by atoms with Gasteiger partial charge in [-0.1, -0.05) is 22.9 Å². The summed E-state index contributed by atoms with van der Waals surface area (Å²) in [5, 5.41) is 9.48. The van der Waals surface area contributed by atoms with Gasteiger partial charge in [-0.2, -0.15) is 0 Å². The summed E-state index contributed by atoms with van der Waals surface area (Å²) in [6.45, 7) is 3.10. The van der Waals surface area contributed by atoms with Crippen LogP contribution in [0.15, 0.2) is 22.7 Å². The molecule has 1 aromatic carbocycles. The molecule has 1 atom stereocenters. The second kappa shape index (κ2) is 7.69. The normalized spacial score (nSPS) is 12.5. The highest BCUT2D eigenvalue weighted by molar-refractivity contribution is 9.10. The molecule has 0 fully saturated rings. The maximum absolute atomic E-state index is 9.48. The van der Waals surface area contributed by atoms with E-state index in [0.29, 0.717) is 19.6 Å². The molecular formula is C13H20BrNO2. The van der Waals surface area contributed by atoms with E-state index < -0.39 is 6.10 Å². The first-order chi connectivity index (χ1) is 8.17. The van der Waals surface area contributed by atoms with Gasteiger partial charge in [0.25, 0.3) is 0 Å². The number of benzene rings is 1. The van der Waals surface area contributed by atoms with E-state index in [1.54, 1.807) is 0 Å². The molecule has 3 nitrogen and oxygen atoms in total. The number of hydrogen-bond acceptors (Lipinski definition) is 3. The van der Waals surface area contributed by atoms with Gasteiger partial charge >= 0.3 is 0 Å². The van der Waals surface area contributed by atoms with Crippen LogP contribution in [-0.4, -0.2) is 24.4 Å². The van der Waals surface area contributed by atoms with Crippen molar-refractivity contribution in [3.05, 3.63) is 28.2 Å². The maximum atomic E-state index is 9.48. The molecule has 0 aromatic heterocycles. The largest absolute Gasteiger partial charge is 0.493 e. The van der Waals surface area contributed by atoms with Gasteiger partial charge < -0.3 is 15.6 Å². The second-order valence-corrected chi connectivity index (χ2v) is 4.94. The molecule has 96 valence electrons. The third-order valence-corrected chi connectivity index (χ3v) is 3.00. The van der Waals surface area contributed by atoms with E-state index in [-0.39, 0.29) is 0 Å². The van der Waals surface area contributed by atoms with Crippen molar-refractivity contribution in [2.24, 2.45) is 5.73 Å². The minimum Gasteiger partial charge on any atom is -0.493 e.